The van der Waals surface area contributed by atoms with E-state index in [9.17, 15) is 23.9 Å². The van der Waals surface area contributed by atoms with Crippen molar-refractivity contribution >= 4 is 39.4 Å². The summed E-state index contributed by atoms with van der Waals surface area (Å²) in [7, 11) is 2.74. The number of nitrogens with one attached hydrogen (secondary N) is 3. The number of nitrogens with two attached hydrogens (primary N) is 1. The fourth-order valence-electron chi connectivity index (χ4n) is 3.66. The summed E-state index contributed by atoms with van der Waals surface area (Å²) < 4.78 is 14.4. The molecular weight excluding hydrogens is 459 g/mol. The van der Waals surface area contributed by atoms with Crippen LogP contribution in [-0.2, 0) is 9.63 Å². The number of hydroxylamine groups is 2. The van der Waals surface area contributed by atoms with Crippen LogP contribution in [0.2, 0.25) is 0 Å². The number of halogens is 1. The van der Waals surface area contributed by atoms with E-state index < -0.39 is 29.3 Å². The van der Waals surface area contributed by atoms with E-state index in [4.69, 9.17) is 10.6 Å². The van der Waals surface area contributed by atoms with Gasteiger partial charge in [0.25, 0.3) is 11.5 Å². The zero-order valence-electron chi connectivity index (χ0n) is 18.9. The highest BCUT2D eigenvalue weighted by atomic mass is 19.1. The van der Waals surface area contributed by atoms with Crippen molar-refractivity contribution in [2.75, 3.05) is 26.4 Å². The fraction of sp³-hybridized carbons (Fsp3) is 0.217. The number of anilines is 1. The van der Waals surface area contributed by atoms with Gasteiger partial charge in [0.2, 0.25) is 5.91 Å². The molecule has 1 unspecified atom stereocenters. The average molecular weight is 482 g/mol. The molecular formula is C23H23FN6O5. The summed E-state index contributed by atoms with van der Waals surface area (Å²) in [5.74, 6) is -1.38. The maximum absolute atomic E-state index is 14.4. The number of amides is 2. The van der Waals surface area contributed by atoms with Crippen molar-refractivity contribution in [2.45, 2.75) is 12.5 Å². The molecule has 0 aliphatic carbocycles. The molecule has 2 heterocycles. The first-order valence-corrected chi connectivity index (χ1v) is 10.6. The number of carbonyl (C=O) groups is 2. The van der Waals surface area contributed by atoms with Crippen molar-refractivity contribution in [3.05, 3.63) is 58.1 Å². The molecule has 11 nitrogen and oxygen atoms in total. The number of imidazole rings is 1. The second-order valence-corrected chi connectivity index (χ2v) is 7.86. The summed E-state index contributed by atoms with van der Waals surface area (Å²) in [6, 6.07) is 8.87. The predicted molar refractivity (Wildman–Crippen MR) is 127 cm³/mol. The Labute approximate surface area is 197 Å². The molecule has 1 atom stereocenters. The van der Waals surface area contributed by atoms with Crippen LogP contribution in [0.25, 0.3) is 33.3 Å². The van der Waals surface area contributed by atoms with Gasteiger partial charge in [0, 0.05) is 19.2 Å². The van der Waals surface area contributed by atoms with Gasteiger partial charge in [0.15, 0.2) is 0 Å². The Balaban J connectivity index is 1.57. The van der Waals surface area contributed by atoms with Crippen LogP contribution in [0.4, 0.5) is 10.1 Å². The summed E-state index contributed by atoms with van der Waals surface area (Å²) in [5.41, 5.74) is 6.95. The van der Waals surface area contributed by atoms with E-state index in [1.165, 1.54) is 38.4 Å². The molecule has 2 aromatic heterocycles. The highest BCUT2D eigenvalue weighted by Crippen LogP contribution is 2.30. The summed E-state index contributed by atoms with van der Waals surface area (Å²) >= 11 is 0. The predicted octanol–water partition coefficient (Wildman–Crippen LogP) is 1.29. The van der Waals surface area contributed by atoms with Gasteiger partial charge in [-0.15, -0.1) is 0 Å². The van der Waals surface area contributed by atoms with Gasteiger partial charge in [-0.3, -0.25) is 19.2 Å². The molecule has 35 heavy (non-hydrogen) atoms. The van der Waals surface area contributed by atoms with Crippen LogP contribution in [0, 0.1) is 5.82 Å². The van der Waals surface area contributed by atoms with E-state index in [2.05, 4.69) is 20.3 Å². The lowest BCUT2D eigenvalue weighted by atomic mass is 10.1. The van der Waals surface area contributed by atoms with Crippen LogP contribution >= 0.6 is 0 Å². The Kier molecular flexibility index (Phi) is 6.49. The number of nitrogen functional groups attached to an aromatic ring is 1. The molecule has 0 aliphatic heterocycles. The Morgan fingerprint density at radius 3 is 2.77 bits per heavy atom. The minimum absolute atomic E-state index is 0.0152. The van der Waals surface area contributed by atoms with Gasteiger partial charge < -0.3 is 26.1 Å². The Morgan fingerprint density at radius 1 is 1.26 bits per heavy atom. The number of aliphatic hydroxyl groups excluding tert-OH is 1. The van der Waals surface area contributed by atoms with Gasteiger partial charge in [0.1, 0.15) is 17.2 Å². The number of H-pyrrole nitrogens is 2. The van der Waals surface area contributed by atoms with Crippen LogP contribution in [0.5, 0.6) is 0 Å². The number of benzene rings is 2. The molecule has 0 saturated heterocycles. The average Bonchev–Trinajstić information content (AvgIpc) is 3.24. The first-order chi connectivity index (χ1) is 16.7. The number of pyridine rings is 1. The molecule has 4 aromatic rings. The standard InChI is InChI=1S/C23H23FN6O5/c1-30(35-2)17(32)9-12(31)10-26-22(33)11-6-7-14-16(8-11)28-21(27-14)19-20(25)18-13(24)4-3-5-15(18)29-23(19)34/h3-8,12,31H,9-10H2,1-2H3,(H,26,33)(H,27,28)(H3,25,29,34). The fourth-order valence-corrected chi connectivity index (χ4v) is 3.66. The van der Waals surface area contributed by atoms with E-state index in [0.29, 0.717) is 11.0 Å². The zero-order chi connectivity index (χ0) is 25.3. The second kappa shape index (κ2) is 9.52. The van der Waals surface area contributed by atoms with Gasteiger partial charge in [0.05, 0.1) is 47.3 Å². The van der Waals surface area contributed by atoms with Crippen molar-refractivity contribution in [2.24, 2.45) is 0 Å². The van der Waals surface area contributed by atoms with E-state index in [1.54, 1.807) is 12.1 Å². The minimum Gasteiger partial charge on any atom is -0.397 e. The highest BCUT2D eigenvalue weighted by Gasteiger charge is 2.19. The molecule has 0 bridgehead atoms. The van der Waals surface area contributed by atoms with Crippen LogP contribution in [0.15, 0.2) is 41.2 Å². The van der Waals surface area contributed by atoms with Crippen molar-refractivity contribution < 1.29 is 23.9 Å². The first-order valence-electron chi connectivity index (χ1n) is 10.6. The lowest BCUT2D eigenvalue weighted by Gasteiger charge is -2.16. The van der Waals surface area contributed by atoms with Gasteiger partial charge in [-0.05, 0) is 30.3 Å². The molecule has 0 spiro atoms. The number of nitrogens with zero attached hydrogens (tertiary/aromatic N) is 2. The van der Waals surface area contributed by atoms with Crippen molar-refractivity contribution in [3.8, 4) is 11.4 Å². The van der Waals surface area contributed by atoms with E-state index in [0.717, 1.165) is 5.06 Å². The number of carbonyl (C=O) groups excluding carboxylic acids is 2. The molecule has 12 heteroatoms. The Bertz CT molecular complexity index is 1500. The molecule has 0 fully saturated rings. The maximum Gasteiger partial charge on any atom is 0.261 e. The summed E-state index contributed by atoms with van der Waals surface area (Å²) in [4.78, 5) is 51.7. The highest BCUT2D eigenvalue weighted by molar-refractivity contribution is 6.00. The third-order valence-electron chi connectivity index (χ3n) is 5.54. The number of fused-ring (bicyclic) bond motifs is 2. The van der Waals surface area contributed by atoms with Gasteiger partial charge in [-0.25, -0.2) is 14.4 Å². The van der Waals surface area contributed by atoms with Crippen LogP contribution < -0.4 is 16.6 Å². The largest absolute Gasteiger partial charge is 0.397 e. The topological polar surface area (TPSA) is 166 Å². The lowest BCUT2D eigenvalue weighted by molar-refractivity contribution is -0.170. The van der Waals surface area contributed by atoms with Crippen LogP contribution in [0.3, 0.4) is 0 Å². The van der Waals surface area contributed by atoms with E-state index >= 15 is 0 Å². The lowest BCUT2D eigenvalue weighted by Crippen LogP contribution is -2.36. The first kappa shape index (κ1) is 23.9. The summed E-state index contributed by atoms with van der Waals surface area (Å²) in [5, 5.41) is 13.6. The Morgan fingerprint density at radius 2 is 2.03 bits per heavy atom. The van der Waals surface area contributed by atoms with Gasteiger partial charge in [-0.2, -0.15) is 0 Å². The van der Waals surface area contributed by atoms with Crippen molar-refractivity contribution in [3.63, 3.8) is 0 Å². The number of aromatic nitrogens is 3. The summed E-state index contributed by atoms with van der Waals surface area (Å²) in [6.07, 6.45) is -1.33. The molecule has 182 valence electrons. The third-order valence-corrected chi connectivity index (χ3v) is 5.54. The van der Waals surface area contributed by atoms with Crippen LogP contribution in [0.1, 0.15) is 16.8 Å². The number of aliphatic hydroxyl groups is 1. The maximum atomic E-state index is 14.4. The quantitative estimate of drug-likeness (QED) is 0.248. The molecule has 2 amide bonds. The van der Waals surface area contributed by atoms with E-state index in [-0.39, 0.29) is 46.5 Å². The molecule has 4 rings (SSSR count). The SMILES string of the molecule is CON(C)C(=O)CC(O)CNC(=O)c1ccc2nc(-c3c(N)c4c(F)cccc4[nH]c3=O)[nH]c2c1. The summed E-state index contributed by atoms with van der Waals surface area (Å²) in [6.45, 7) is -0.150. The molecule has 0 radical (unpaired) electrons. The Hall–Kier alpha value is -4.29. The smallest absolute Gasteiger partial charge is 0.261 e. The molecule has 2 aromatic carbocycles. The number of hydrogen-bond acceptors (Lipinski definition) is 7. The number of aromatic amines is 2. The second-order valence-electron chi connectivity index (χ2n) is 7.86. The number of rotatable bonds is 7. The van der Waals surface area contributed by atoms with E-state index in [1.807, 2.05) is 0 Å². The van der Waals surface area contributed by atoms with Gasteiger partial charge in [-0.1, -0.05) is 6.07 Å². The normalized spacial score (nSPS) is 12.1. The van der Waals surface area contributed by atoms with Crippen molar-refractivity contribution in [1.29, 1.82) is 0 Å². The molecule has 0 saturated carbocycles. The van der Waals surface area contributed by atoms with Crippen molar-refractivity contribution in [1.82, 2.24) is 25.3 Å². The zero-order valence-corrected chi connectivity index (χ0v) is 18.9. The minimum atomic E-state index is -1.10. The third kappa shape index (κ3) is 4.69. The number of hydrogen-bond donors (Lipinski definition) is 5. The molecule has 0 aliphatic rings. The monoisotopic (exact) mass is 482 g/mol. The van der Waals surface area contributed by atoms with Crippen LogP contribution in [-0.4, -0.2) is 63.7 Å². The molecule has 6 N–H and O–H groups in total. The van der Waals surface area contributed by atoms with Gasteiger partial charge >= 0.3 is 0 Å².